The van der Waals surface area contributed by atoms with Crippen molar-refractivity contribution in [3.05, 3.63) is 139 Å². The van der Waals surface area contributed by atoms with Crippen LogP contribution in [0.25, 0.3) is 92.2 Å². The van der Waals surface area contributed by atoms with Crippen LogP contribution in [0.5, 0.6) is 0 Å². The molecule has 0 aliphatic carbocycles. The summed E-state index contributed by atoms with van der Waals surface area (Å²) in [4.78, 5) is 0. The second-order valence-electron chi connectivity index (χ2n) is 11.4. The van der Waals surface area contributed by atoms with Gasteiger partial charge in [-0.05, 0) is 116 Å². The second kappa shape index (κ2) is 8.57. The standard InChI is InChI=1S/C40H23NOS/c1-2-8-27(9-3-1)41-36-12-6-4-10-28(36)34-22-32-31-19-25-16-17-43-40(25)21-26(31)20-30(33(32)23-37(34)41)24-14-15-39-35(18-24)29-11-5-7-13-38(29)42-39/h1-23H. The molecule has 0 saturated carbocycles. The predicted molar refractivity (Wildman–Crippen MR) is 184 cm³/mol. The van der Waals surface area contributed by atoms with Gasteiger partial charge in [-0.2, -0.15) is 0 Å². The first-order valence-electron chi connectivity index (χ1n) is 14.6. The fourth-order valence-corrected chi connectivity index (χ4v) is 7.88. The Morgan fingerprint density at radius 1 is 0.465 bits per heavy atom. The normalized spacial score (nSPS) is 12.2. The van der Waals surface area contributed by atoms with Crippen LogP contribution in [0.4, 0.5) is 0 Å². The van der Waals surface area contributed by atoms with Crippen molar-refractivity contribution in [2.75, 3.05) is 0 Å². The van der Waals surface area contributed by atoms with E-state index in [1.54, 1.807) is 11.3 Å². The SMILES string of the molecule is c1ccc(-n2c3ccccc3c3cc4c(cc32)c(-c2ccc3oc5ccccc5c3c2)cc2cc3sccc3cc24)cc1. The Bertz CT molecular complexity index is 2720. The summed E-state index contributed by atoms with van der Waals surface area (Å²) in [5.41, 5.74) is 7.87. The molecular formula is C40H23NOS. The lowest BCUT2D eigenvalue weighted by Crippen LogP contribution is -1.93. The summed E-state index contributed by atoms with van der Waals surface area (Å²) in [6.45, 7) is 0. The van der Waals surface area contributed by atoms with Gasteiger partial charge in [0.25, 0.3) is 0 Å². The summed E-state index contributed by atoms with van der Waals surface area (Å²) in [7, 11) is 0. The van der Waals surface area contributed by atoms with Crippen LogP contribution in [-0.2, 0) is 0 Å². The van der Waals surface area contributed by atoms with Gasteiger partial charge in [0.1, 0.15) is 11.2 Å². The average molecular weight is 566 g/mol. The maximum Gasteiger partial charge on any atom is 0.135 e. The van der Waals surface area contributed by atoms with Crippen LogP contribution in [0.2, 0.25) is 0 Å². The summed E-state index contributed by atoms with van der Waals surface area (Å²) < 4.78 is 9.92. The van der Waals surface area contributed by atoms with Gasteiger partial charge in [-0.3, -0.25) is 0 Å². The van der Waals surface area contributed by atoms with E-state index in [1.807, 2.05) is 12.1 Å². The lowest BCUT2D eigenvalue weighted by atomic mass is 9.91. The zero-order chi connectivity index (χ0) is 28.1. The number of hydrogen-bond donors (Lipinski definition) is 0. The van der Waals surface area contributed by atoms with Crippen LogP contribution >= 0.6 is 11.3 Å². The van der Waals surface area contributed by atoms with E-state index in [9.17, 15) is 0 Å². The zero-order valence-electron chi connectivity index (χ0n) is 23.0. The third kappa shape index (κ3) is 3.28. The highest BCUT2D eigenvalue weighted by Crippen LogP contribution is 2.43. The van der Waals surface area contributed by atoms with Gasteiger partial charge in [-0.1, -0.05) is 60.7 Å². The number of para-hydroxylation sites is 3. The first-order chi connectivity index (χ1) is 21.3. The highest BCUT2D eigenvalue weighted by Gasteiger charge is 2.18. The topological polar surface area (TPSA) is 18.1 Å². The molecule has 0 fully saturated rings. The minimum atomic E-state index is 0.918. The molecule has 3 aromatic heterocycles. The molecule has 2 nitrogen and oxygen atoms in total. The van der Waals surface area contributed by atoms with E-state index in [0.717, 1.165) is 21.9 Å². The van der Waals surface area contributed by atoms with Crippen LogP contribution < -0.4 is 0 Å². The summed E-state index contributed by atoms with van der Waals surface area (Å²) in [5.74, 6) is 0. The molecule has 10 aromatic rings. The Hall–Kier alpha value is -5.38. The van der Waals surface area contributed by atoms with Crippen molar-refractivity contribution in [3.63, 3.8) is 0 Å². The maximum absolute atomic E-state index is 6.19. The van der Waals surface area contributed by atoms with Gasteiger partial charge < -0.3 is 8.98 Å². The molecule has 0 spiro atoms. The molecule has 10 rings (SSSR count). The smallest absolute Gasteiger partial charge is 0.135 e. The van der Waals surface area contributed by atoms with E-state index in [1.165, 1.54) is 70.3 Å². The van der Waals surface area contributed by atoms with Crippen molar-refractivity contribution in [1.29, 1.82) is 0 Å². The van der Waals surface area contributed by atoms with Crippen LogP contribution in [0.1, 0.15) is 0 Å². The maximum atomic E-state index is 6.19. The number of benzene rings is 7. The first-order valence-corrected chi connectivity index (χ1v) is 15.5. The molecule has 0 unspecified atom stereocenters. The molecule has 0 amide bonds. The van der Waals surface area contributed by atoms with E-state index in [0.29, 0.717) is 0 Å². The van der Waals surface area contributed by atoms with E-state index in [4.69, 9.17) is 4.42 Å². The average Bonchev–Trinajstić information content (AvgIpc) is 3.76. The largest absolute Gasteiger partial charge is 0.456 e. The van der Waals surface area contributed by atoms with Gasteiger partial charge in [0.2, 0.25) is 0 Å². The van der Waals surface area contributed by atoms with E-state index in [-0.39, 0.29) is 0 Å². The highest BCUT2D eigenvalue weighted by molar-refractivity contribution is 7.17. The molecule has 0 bridgehead atoms. The van der Waals surface area contributed by atoms with E-state index < -0.39 is 0 Å². The minimum Gasteiger partial charge on any atom is -0.456 e. The van der Waals surface area contributed by atoms with Gasteiger partial charge in [-0.15, -0.1) is 11.3 Å². The number of aromatic nitrogens is 1. The third-order valence-electron chi connectivity index (χ3n) is 9.02. The lowest BCUT2D eigenvalue weighted by Gasteiger charge is -2.14. The second-order valence-corrected chi connectivity index (χ2v) is 12.3. The van der Waals surface area contributed by atoms with E-state index in [2.05, 4.69) is 131 Å². The Balaban J connectivity index is 1.38. The number of thiophene rings is 1. The minimum absolute atomic E-state index is 0.918. The molecule has 0 atom stereocenters. The fourth-order valence-electron chi connectivity index (χ4n) is 7.06. The molecule has 200 valence electrons. The van der Waals surface area contributed by atoms with Gasteiger partial charge in [0.05, 0.1) is 11.0 Å². The molecule has 0 radical (unpaired) electrons. The number of rotatable bonds is 2. The number of hydrogen-bond acceptors (Lipinski definition) is 2. The predicted octanol–water partition coefficient (Wildman–Crippen LogP) is 11.9. The molecule has 3 heterocycles. The number of fused-ring (bicyclic) bond motifs is 10. The van der Waals surface area contributed by atoms with E-state index >= 15 is 0 Å². The highest BCUT2D eigenvalue weighted by atomic mass is 32.1. The monoisotopic (exact) mass is 565 g/mol. The molecule has 43 heavy (non-hydrogen) atoms. The van der Waals surface area contributed by atoms with Crippen molar-refractivity contribution >= 4 is 86.7 Å². The van der Waals surface area contributed by atoms with Crippen LogP contribution in [0, 0.1) is 0 Å². The van der Waals surface area contributed by atoms with Crippen molar-refractivity contribution in [2.24, 2.45) is 0 Å². The number of furan rings is 1. The summed E-state index contributed by atoms with van der Waals surface area (Å²) >= 11 is 1.80. The third-order valence-corrected chi connectivity index (χ3v) is 9.90. The summed E-state index contributed by atoms with van der Waals surface area (Å²) in [6, 6.07) is 48.7. The van der Waals surface area contributed by atoms with Crippen molar-refractivity contribution in [1.82, 2.24) is 4.57 Å². The first kappa shape index (κ1) is 23.2. The number of nitrogens with zero attached hydrogens (tertiary/aromatic N) is 1. The molecule has 0 aliphatic heterocycles. The van der Waals surface area contributed by atoms with Crippen molar-refractivity contribution in [3.8, 4) is 16.8 Å². The summed E-state index contributed by atoms with van der Waals surface area (Å²) in [5, 5.41) is 13.4. The van der Waals surface area contributed by atoms with Crippen LogP contribution in [0.15, 0.2) is 143 Å². The molecule has 3 heteroatoms. The molecule has 7 aromatic carbocycles. The zero-order valence-corrected chi connectivity index (χ0v) is 23.9. The molecule has 0 saturated heterocycles. The van der Waals surface area contributed by atoms with Crippen LogP contribution in [-0.4, -0.2) is 4.57 Å². The molecule has 0 N–H and O–H groups in total. The Morgan fingerprint density at radius 3 is 2.21 bits per heavy atom. The van der Waals surface area contributed by atoms with Gasteiger partial charge in [-0.25, -0.2) is 0 Å². The quantitative estimate of drug-likeness (QED) is 0.191. The fraction of sp³-hybridized carbons (Fsp3) is 0. The molecule has 0 aliphatic rings. The molecular weight excluding hydrogens is 543 g/mol. The van der Waals surface area contributed by atoms with Gasteiger partial charge in [0, 0.05) is 31.9 Å². The van der Waals surface area contributed by atoms with Gasteiger partial charge in [0.15, 0.2) is 0 Å². The Morgan fingerprint density at radius 2 is 1.28 bits per heavy atom. The lowest BCUT2D eigenvalue weighted by molar-refractivity contribution is 0.669. The Labute approximate surface area is 250 Å². The van der Waals surface area contributed by atoms with Gasteiger partial charge >= 0.3 is 0 Å². The van der Waals surface area contributed by atoms with Crippen molar-refractivity contribution in [2.45, 2.75) is 0 Å². The Kier molecular flexibility index (Phi) is 4.63. The summed E-state index contributed by atoms with van der Waals surface area (Å²) in [6.07, 6.45) is 0. The van der Waals surface area contributed by atoms with Crippen LogP contribution in [0.3, 0.4) is 0 Å². The van der Waals surface area contributed by atoms with Crippen molar-refractivity contribution < 1.29 is 4.42 Å².